The molecule has 0 saturated carbocycles. The van der Waals surface area contributed by atoms with Gasteiger partial charge in [0, 0.05) is 30.2 Å². The Balaban J connectivity index is 2.52. The number of hydrogen-bond donors (Lipinski definition) is 1. The molecule has 0 heterocycles. The monoisotopic (exact) mass is 296 g/mol. The lowest BCUT2D eigenvalue weighted by Gasteiger charge is -2.34. The zero-order valence-corrected chi connectivity index (χ0v) is 14.5. The van der Waals surface area contributed by atoms with Crippen LogP contribution in [0.2, 0.25) is 5.02 Å². The lowest BCUT2D eigenvalue weighted by molar-refractivity contribution is 0.186. The van der Waals surface area contributed by atoms with E-state index in [-0.39, 0.29) is 11.0 Å². The highest BCUT2D eigenvalue weighted by molar-refractivity contribution is 6.31. The minimum Gasteiger partial charge on any atom is -0.311 e. The fourth-order valence-electron chi connectivity index (χ4n) is 2.26. The van der Waals surface area contributed by atoms with Crippen molar-refractivity contribution in [3.8, 4) is 0 Å². The molecule has 1 aromatic carbocycles. The minimum atomic E-state index is 0.165. The molecule has 2 nitrogen and oxygen atoms in total. The molecule has 0 saturated heterocycles. The Morgan fingerprint density at radius 3 is 2.25 bits per heavy atom. The van der Waals surface area contributed by atoms with Gasteiger partial charge in [-0.1, -0.05) is 43.6 Å². The van der Waals surface area contributed by atoms with Crippen LogP contribution in [-0.2, 0) is 6.54 Å². The van der Waals surface area contributed by atoms with E-state index in [4.69, 9.17) is 11.6 Å². The smallest absolute Gasteiger partial charge is 0.0451 e. The zero-order valence-electron chi connectivity index (χ0n) is 13.8. The Morgan fingerprint density at radius 2 is 1.70 bits per heavy atom. The number of nitrogens with one attached hydrogen (secondary N) is 1. The van der Waals surface area contributed by atoms with E-state index in [0.29, 0.717) is 0 Å². The maximum absolute atomic E-state index is 6.22. The number of nitrogens with zero attached hydrogens (tertiary/aromatic N) is 1. The normalized spacial score (nSPS) is 13.0. The van der Waals surface area contributed by atoms with Crippen molar-refractivity contribution in [2.75, 3.05) is 20.1 Å². The van der Waals surface area contributed by atoms with Crippen LogP contribution >= 0.6 is 11.6 Å². The van der Waals surface area contributed by atoms with Gasteiger partial charge < -0.3 is 10.2 Å². The summed E-state index contributed by atoms with van der Waals surface area (Å²) in [6.07, 6.45) is 0. The molecular formula is C17H29ClN2. The van der Waals surface area contributed by atoms with Crippen molar-refractivity contribution in [2.24, 2.45) is 5.41 Å². The third kappa shape index (κ3) is 6.74. The van der Waals surface area contributed by atoms with Crippen molar-refractivity contribution in [3.63, 3.8) is 0 Å². The van der Waals surface area contributed by atoms with Gasteiger partial charge in [0.2, 0.25) is 0 Å². The molecule has 1 N–H and O–H groups in total. The SMILES string of the molecule is CN(Cc1ccccc1Cl)CC(C)(C)CNC(C)(C)C. The van der Waals surface area contributed by atoms with Gasteiger partial charge in [-0.2, -0.15) is 0 Å². The first kappa shape index (κ1) is 17.5. The summed E-state index contributed by atoms with van der Waals surface area (Å²) < 4.78 is 0. The summed E-state index contributed by atoms with van der Waals surface area (Å²) >= 11 is 6.22. The number of halogens is 1. The lowest BCUT2D eigenvalue weighted by atomic mass is 9.91. The van der Waals surface area contributed by atoms with E-state index in [1.54, 1.807) is 0 Å². The first-order valence-electron chi connectivity index (χ1n) is 7.26. The summed E-state index contributed by atoms with van der Waals surface area (Å²) in [4.78, 5) is 2.34. The summed E-state index contributed by atoms with van der Waals surface area (Å²) in [7, 11) is 2.15. The molecule has 0 radical (unpaired) electrons. The van der Waals surface area contributed by atoms with E-state index >= 15 is 0 Å². The van der Waals surface area contributed by atoms with Crippen LogP contribution in [0.1, 0.15) is 40.2 Å². The molecule has 0 aliphatic rings. The zero-order chi connectivity index (χ0) is 15.4. The molecule has 0 amide bonds. The Hall–Kier alpha value is -0.570. The molecule has 0 aromatic heterocycles. The first-order valence-corrected chi connectivity index (χ1v) is 7.64. The lowest BCUT2D eigenvalue weighted by Crippen LogP contribution is -2.45. The fourth-order valence-corrected chi connectivity index (χ4v) is 2.46. The van der Waals surface area contributed by atoms with Crippen molar-refractivity contribution >= 4 is 11.6 Å². The van der Waals surface area contributed by atoms with Gasteiger partial charge in [0.05, 0.1) is 0 Å². The topological polar surface area (TPSA) is 15.3 Å². The molecule has 1 rings (SSSR count). The van der Waals surface area contributed by atoms with E-state index in [1.165, 1.54) is 5.56 Å². The van der Waals surface area contributed by atoms with E-state index in [9.17, 15) is 0 Å². The van der Waals surface area contributed by atoms with Crippen LogP contribution in [0.4, 0.5) is 0 Å². The van der Waals surface area contributed by atoms with E-state index < -0.39 is 0 Å². The van der Waals surface area contributed by atoms with Gasteiger partial charge in [-0.25, -0.2) is 0 Å². The largest absolute Gasteiger partial charge is 0.311 e. The van der Waals surface area contributed by atoms with Crippen LogP contribution in [0.5, 0.6) is 0 Å². The molecule has 0 fully saturated rings. The third-order valence-electron chi connectivity index (χ3n) is 3.19. The second-order valence-corrected chi connectivity index (χ2v) is 7.94. The molecule has 0 aliphatic carbocycles. The van der Waals surface area contributed by atoms with E-state index in [0.717, 1.165) is 24.7 Å². The predicted molar refractivity (Wildman–Crippen MR) is 89.3 cm³/mol. The Labute approximate surface area is 129 Å². The summed E-state index contributed by atoms with van der Waals surface area (Å²) in [5.41, 5.74) is 1.58. The van der Waals surface area contributed by atoms with Crippen LogP contribution in [0, 0.1) is 5.41 Å². The van der Waals surface area contributed by atoms with Gasteiger partial charge in [0.25, 0.3) is 0 Å². The average molecular weight is 297 g/mol. The van der Waals surface area contributed by atoms with Gasteiger partial charge in [0.15, 0.2) is 0 Å². The molecule has 1 aromatic rings. The number of rotatable bonds is 6. The van der Waals surface area contributed by atoms with Gasteiger partial charge in [-0.15, -0.1) is 0 Å². The highest BCUT2D eigenvalue weighted by Crippen LogP contribution is 2.20. The van der Waals surface area contributed by atoms with E-state index in [1.807, 2.05) is 18.2 Å². The Bertz CT molecular complexity index is 421. The van der Waals surface area contributed by atoms with E-state index in [2.05, 4.69) is 57.9 Å². The molecule has 114 valence electrons. The van der Waals surface area contributed by atoms with Crippen LogP contribution < -0.4 is 5.32 Å². The van der Waals surface area contributed by atoms with Crippen LogP contribution in [0.15, 0.2) is 24.3 Å². The van der Waals surface area contributed by atoms with Crippen LogP contribution in [0.3, 0.4) is 0 Å². The quantitative estimate of drug-likeness (QED) is 0.847. The van der Waals surface area contributed by atoms with Crippen LogP contribution in [-0.4, -0.2) is 30.6 Å². The summed E-state index contributed by atoms with van der Waals surface area (Å²) in [6, 6.07) is 8.07. The van der Waals surface area contributed by atoms with Crippen molar-refractivity contribution in [1.29, 1.82) is 0 Å². The number of hydrogen-bond acceptors (Lipinski definition) is 2. The Kier molecular flexibility index (Phi) is 6.06. The highest BCUT2D eigenvalue weighted by Gasteiger charge is 2.22. The second kappa shape index (κ2) is 6.93. The summed E-state index contributed by atoms with van der Waals surface area (Å²) in [6.45, 7) is 14.1. The molecule has 3 heteroatoms. The molecule has 0 spiro atoms. The molecule has 0 bridgehead atoms. The maximum atomic E-state index is 6.22. The summed E-state index contributed by atoms with van der Waals surface area (Å²) in [5, 5.41) is 4.44. The van der Waals surface area contributed by atoms with Crippen molar-refractivity contribution in [2.45, 2.75) is 46.7 Å². The molecule has 0 unspecified atom stereocenters. The molecule has 20 heavy (non-hydrogen) atoms. The third-order valence-corrected chi connectivity index (χ3v) is 3.56. The van der Waals surface area contributed by atoms with Gasteiger partial charge in [0.1, 0.15) is 0 Å². The minimum absolute atomic E-state index is 0.165. The average Bonchev–Trinajstić information content (AvgIpc) is 2.28. The van der Waals surface area contributed by atoms with Gasteiger partial charge in [-0.3, -0.25) is 0 Å². The first-order chi connectivity index (χ1) is 9.09. The maximum Gasteiger partial charge on any atom is 0.0451 e. The van der Waals surface area contributed by atoms with Gasteiger partial charge >= 0.3 is 0 Å². The molecular weight excluding hydrogens is 268 g/mol. The summed E-state index contributed by atoms with van der Waals surface area (Å²) in [5.74, 6) is 0. The van der Waals surface area contributed by atoms with Crippen molar-refractivity contribution < 1.29 is 0 Å². The highest BCUT2D eigenvalue weighted by atomic mass is 35.5. The van der Waals surface area contributed by atoms with Crippen molar-refractivity contribution in [3.05, 3.63) is 34.9 Å². The molecule has 0 aliphatic heterocycles. The van der Waals surface area contributed by atoms with Crippen LogP contribution in [0.25, 0.3) is 0 Å². The standard InChI is InChI=1S/C17H29ClN2/c1-16(2,3)19-12-17(4,5)13-20(6)11-14-9-7-8-10-15(14)18/h7-10,19H,11-13H2,1-6H3. The second-order valence-electron chi connectivity index (χ2n) is 7.53. The van der Waals surface area contributed by atoms with Gasteiger partial charge in [-0.05, 0) is 44.9 Å². The fraction of sp³-hybridized carbons (Fsp3) is 0.647. The Morgan fingerprint density at radius 1 is 1.10 bits per heavy atom. The molecule has 0 atom stereocenters. The predicted octanol–water partition coefficient (Wildman–Crippen LogP) is 4.19. The van der Waals surface area contributed by atoms with Crippen molar-refractivity contribution in [1.82, 2.24) is 10.2 Å². The number of benzene rings is 1.